The molecule has 0 radical (unpaired) electrons. The highest BCUT2D eigenvalue weighted by Crippen LogP contribution is 2.14. The molecular weight excluding hydrogens is 240 g/mol. The monoisotopic (exact) mass is 255 g/mol. The van der Waals surface area contributed by atoms with Gasteiger partial charge in [0.2, 0.25) is 0 Å². The van der Waals surface area contributed by atoms with Gasteiger partial charge in [-0.2, -0.15) is 0 Å². The number of Topliss-reactive ketones (excluding diaryl/α,β-unsaturated/α-hetero) is 1. The minimum absolute atomic E-state index is 0.144. The smallest absolute Gasteiger partial charge is 0.251 e. The lowest BCUT2D eigenvalue weighted by molar-refractivity contribution is -0.125. The number of benzene rings is 1. The van der Waals surface area contributed by atoms with Crippen molar-refractivity contribution in [3.05, 3.63) is 35.4 Å². The molecule has 0 heterocycles. The van der Waals surface area contributed by atoms with Crippen molar-refractivity contribution < 1.29 is 18.4 Å². The van der Waals surface area contributed by atoms with Crippen molar-refractivity contribution in [1.82, 2.24) is 5.32 Å². The molecule has 5 heteroatoms. The highest BCUT2D eigenvalue weighted by atomic mass is 19.1. The first-order valence-corrected chi connectivity index (χ1v) is 5.48. The Kier molecular flexibility index (Phi) is 4.16. The summed E-state index contributed by atoms with van der Waals surface area (Å²) in [5.41, 5.74) is -0.713. The molecule has 0 aliphatic carbocycles. The third-order valence-electron chi connectivity index (χ3n) is 2.37. The van der Waals surface area contributed by atoms with E-state index >= 15 is 0 Å². The van der Waals surface area contributed by atoms with Gasteiger partial charge in [0, 0.05) is 17.0 Å². The van der Waals surface area contributed by atoms with Gasteiger partial charge in [0.25, 0.3) is 5.91 Å². The number of hydrogen-bond donors (Lipinski definition) is 1. The molecule has 0 aliphatic heterocycles. The van der Waals surface area contributed by atoms with Crippen LogP contribution in [0.25, 0.3) is 0 Å². The molecule has 1 aromatic rings. The fourth-order valence-electron chi connectivity index (χ4n) is 1.21. The average molecular weight is 255 g/mol. The van der Waals surface area contributed by atoms with E-state index in [1.807, 2.05) is 0 Å². The summed E-state index contributed by atoms with van der Waals surface area (Å²) >= 11 is 0. The highest BCUT2D eigenvalue weighted by Gasteiger charge is 2.21. The number of carbonyl (C=O) groups is 2. The Bertz CT molecular complexity index is 458. The van der Waals surface area contributed by atoms with Crippen molar-refractivity contribution in [2.24, 2.45) is 5.41 Å². The van der Waals surface area contributed by atoms with Crippen LogP contribution in [-0.4, -0.2) is 18.2 Å². The van der Waals surface area contributed by atoms with Gasteiger partial charge in [0.1, 0.15) is 11.6 Å². The molecule has 1 aromatic carbocycles. The normalized spacial score (nSPS) is 11.2. The third kappa shape index (κ3) is 3.91. The molecule has 1 N–H and O–H groups in total. The Morgan fingerprint density at radius 1 is 1.11 bits per heavy atom. The zero-order valence-electron chi connectivity index (χ0n) is 10.5. The number of ketones is 1. The first-order chi connectivity index (χ1) is 8.20. The summed E-state index contributed by atoms with van der Waals surface area (Å²) in [7, 11) is 0. The molecule has 3 nitrogen and oxygen atoms in total. The molecule has 0 bridgehead atoms. The first kappa shape index (κ1) is 14.3. The van der Waals surface area contributed by atoms with Gasteiger partial charge >= 0.3 is 0 Å². The van der Waals surface area contributed by atoms with Crippen molar-refractivity contribution in [1.29, 1.82) is 0 Å². The molecule has 0 unspecified atom stereocenters. The van der Waals surface area contributed by atoms with Crippen molar-refractivity contribution in [2.45, 2.75) is 20.8 Å². The van der Waals surface area contributed by atoms with E-state index in [0.29, 0.717) is 6.07 Å². The molecule has 0 saturated carbocycles. The maximum atomic E-state index is 12.9. The summed E-state index contributed by atoms with van der Waals surface area (Å²) in [6.45, 7) is 5.01. The molecule has 0 aromatic heterocycles. The second-order valence-electron chi connectivity index (χ2n) is 5.01. The minimum Gasteiger partial charge on any atom is -0.345 e. The Balaban J connectivity index is 2.69. The van der Waals surface area contributed by atoms with Gasteiger partial charge in [-0.15, -0.1) is 0 Å². The molecule has 0 fully saturated rings. The van der Waals surface area contributed by atoms with Crippen molar-refractivity contribution in [2.75, 3.05) is 6.54 Å². The maximum Gasteiger partial charge on any atom is 0.251 e. The number of carbonyl (C=O) groups excluding carboxylic acids is 2. The van der Waals surface area contributed by atoms with Gasteiger partial charge in [0.15, 0.2) is 5.78 Å². The fraction of sp³-hybridized carbons (Fsp3) is 0.385. The Morgan fingerprint density at radius 3 is 2.06 bits per heavy atom. The van der Waals surface area contributed by atoms with E-state index < -0.39 is 23.0 Å². The molecule has 0 atom stereocenters. The number of nitrogens with one attached hydrogen (secondary N) is 1. The molecule has 1 rings (SSSR count). The maximum absolute atomic E-state index is 12.9. The number of amides is 1. The third-order valence-corrected chi connectivity index (χ3v) is 2.37. The lowest BCUT2D eigenvalue weighted by atomic mass is 9.91. The summed E-state index contributed by atoms with van der Waals surface area (Å²) in [4.78, 5) is 23.2. The van der Waals surface area contributed by atoms with E-state index in [1.54, 1.807) is 20.8 Å². The summed E-state index contributed by atoms with van der Waals surface area (Å²) < 4.78 is 25.8. The molecule has 98 valence electrons. The van der Waals surface area contributed by atoms with Crippen LogP contribution in [0.15, 0.2) is 18.2 Å². The molecule has 18 heavy (non-hydrogen) atoms. The lowest BCUT2D eigenvalue weighted by Crippen LogP contribution is -2.35. The van der Waals surface area contributed by atoms with Crippen LogP contribution in [0.3, 0.4) is 0 Å². The molecular formula is C13H15F2NO2. The van der Waals surface area contributed by atoms with E-state index in [0.717, 1.165) is 12.1 Å². The van der Waals surface area contributed by atoms with Crippen LogP contribution >= 0.6 is 0 Å². The van der Waals surface area contributed by atoms with Crippen LogP contribution < -0.4 is 5.32 Å². The largest absolute Gasteiger partial charge is 0.345 e. The summed E-state index contributed by atoms with van der Waals surface area (Å²) in [6, 6.07) is 2.51. The van der Waals surface area contributed by atoms with Crippen LogP contribution in [0.5, 0.6) is 0 Å². The van der Waals surface area contributed by atoms with Gasteiger partial charge in [-0.25, -0.2) is 8.78 Å². The Morgan fingerprint density at radius 2 is 1.61 bits per heavy atom. The summed E-state index contributed by atoms with van der Waals surface area (Å²) in [6.07, 6.45) is 0. The summed E-state index contributed by atoms with van der Waals surface area (Å²) in [5.74, 6) is -2.50. The highest BCUT2D eigenvalue weighted by molar-refractivity contribution is 5.97. The van der Waals surface area contributed by atoms with Crippen LogP contribution in [-0.2, 0) is 4.79 Å². The Hall–Kier alpha value is -1.78. The number of halogens is 2. The van der Waals surface area contributed by atoms with Crippen LogP contribution in [0, 0.1) is 17.0 Å². The predicted molar refractivity (Wildman–Crippen MR) is 63.2 cm³/mol. The second-order valence-corrected chi connectivity index (χ2v) is 5.01. The topological polar surface area (TPSA) is 46.2 Å². The van der Waals surface area contributed by atoms with Crippen molar-refractivity contribution >= 4 is 11.7 Å². The molecule has 0 saturated heterocycles. The number of rotatable bonds is 3. The number of hydrogen-bond acceptors (Lipinski definition) is 2. The molecule has 0 spiro atoms. The van der Waals surface area contributed by atoms with Crippen molar-refractivity contribution in [3.8, 4) is 0 Å². The zero-order valence-corrected chi connectivity index (χ0v) is 10.5. The second kappa shape index (κ2) is 5.25. The fourth-order valence-corrected chi connectivity index (χ4v) is 1.21. The van der Waals surface area contributed by atoms with Crippen molar-refractivity contribution in [3.63, 3.8) is 0 Å². The van der Waals surface area contributed by atoms with E-state index in [2.05, 4.69) is 5.32 Å². The van der Waals surface area contributed by atoms with E-state index in [4.69, 9.17) is 0 Å². The van der Waals surface area contributed by atoms with Gasteiger partial charge < -0.3 is 5.32 Å². The quantitative estimate of drug-likeness (QED) is 0.900. The standard InChI is InChI=1S/C13H15F2NO2/c1-13(2,3)11(17)7-16-12(18)8-4-9(14)6-10(15)5-8/h4-6H,7H2,1-3H3,(H,16,18). The van der Waals surface area contributed by atoms with Gasteiger partial charge in [-0.05, 0) is 12.1 Å². The van der Waals surface area contributed by atoms with Crippen LogP contribution in [0.1, 0.15) is 31.1 Å². The Labute approximate surface area is 104 Å². The van der Waals surface area contributed by atoms with Crippen LogP contribution in [0.4, 0.5) is 8.78 Å². The predicted octanol–water partition coefficient (Wildman–Crippen LogP) is 2.31. The molecule has 1 amide bonds. The average Bonchev–Trinajstić information content (AvgIpc) is 2.22. The van der Waals surface area contributed by atoms with E-state index in [-0.39, 0.29) is 17.9 Å². The summed E-state index contributed by atoms with van der Waals surface area (Å²) in [5, 5.41) is 2.34. The zero-order chi connectivity index (χ0) is 13.9. The van der Waals surface area contributed by atoms with Crippen LogP contribution in [0.2, 0.25) is 0 Å². The SMILES string of the molecule is CC(C)(C)C(=O)CNC(=O)c1cc(F)cc(F)c1. The van der Waals surface area contributed by atoms with E-state index in [1.165, 1.54) is 0 Å². The molecule has 0 aliphatic rings. The van der Waals surface area contributed by atoms with E-state index in [9.17, 15) is 18.4 Å². The minimum atomic E-state index is -0.831. The van der Waals surface area contributed by atoms with Gasteiger partial charge in [-0.1, -0.05) is 20.8 Å². The van der Waals surface area contributed by atoms with Gasteiger partial charge in [-0.3, -0.25) is 9.59 Å². The lowest BCUT2D eigenvalue weighted by Gasteiger charge is -2.16. The first-order valence-electron chi connectivity index (χ1n) is 5.48. The van der Waals surface area contributed by atoms with Gasteiger partial charge in [0.05, 0.1) is 6.54 Å².